The van der Waals surface area contributed by atoms with Gasteiger partial charge >= 0.3 is 0 Å². The average molecular weight is 353 g/mol. The van der Waals surface area contributed by atoms with E-state index in [1.54, 1.807) is 6.07 Å². The number of halogens is 1. The van der Waals surface area contributed by atoms with Gasteiger partial charge in [-0.2, -0.15) is 0 Å². The smallest absolute Gasteiger partial charge is 0.292 e. The molecule has 0 spiro atoms. The largest absolute Gasteiger partial charge is 0.350 e. The number of hydrogen-bond acceptors (Lipinski definition) is 3. The Labute approximate surface area is 151 Å². The molecule has 2 aromatic carbocycles. The van der Waals surface area contributed by atoms with Crippen molar-refractivity contribution in [3.8, 4) is 11.3 Å². The Balaban J connectivity index is 1.58. The van der Waals surface area contributed by atoms with Crippen LogP contribution in [0.3, 0.4) is 0 Å². The van der Waals surface area contributed by atoms with Crippen LogP contribution < -0.4 is 0 Å². The molecule has 0 aliphatic carbocycles. The lowest BCUT2D eigenvalue weighted by Gasteiger charge is -2.24. The van der Waals surface area contributed by atoms with Gasteiger partial charge in [0.1, 0.15) is 5.69 Å². The van der Waals surface area contributed by atoms with Crippen LogP contribution in [0.2, 0.25) is 5.02 Å². The molecule has 5 heteroatoms. The number of benzene rings is 2. The van der Waals surface area contributed by atoms with Gasteiger partial charge in [0.25, 0.3) is 5.91 Å². The van der Waals surface area contributed by atoms with Crippen molar-refractivity contribution >= 4 is 17.5 Å². The van der Waals surface area contributed by atoms with Gasteiger partial charge in [0.2, 0.25) is 5.76 Å². The van der Waals surface area contributed by atoms with Crippen molar-refractivity contribution in [2.75, 3.05) is 6.54 Å². The number of amides is 1. The molecule has 0 N–H and O–H groups in total. The van der Waals surface area contributed by atoms with Gasteiger partial charge in [-0.25, -0.2) is 0 Å². The average Bonchev–Trinajstić information content (AvgIpc) is 3.32. The number of carbonyl (C=O) groups is 1. The molecule has 1 aliphatic rings. The van der Waals surface area contributed by atoms with E-state index in [1.165, 1.54) is 0 Å². The summed E-state index contributed by atoms with van der Waals surface area (Å²) in [5.41, 5.74) is 2.70. The highest BCUT2D eigenvalue weighted by molar-refractivity contribution is 6.30. The van der Waals surface area contributed by atoms with Crippen LogP contribution >= 0.6 is 11.6 Å². The third-order valence-corrected chi connectivity index (χ3v) is 4.81. The summed E-state index contributed by atoms with van der Waals surface area (Å²) < 4.78 is 5.33. The maximum atomic E-state index is 12.9. The summed E-state index contributed by atoms with van der Waals surface area (Å²) in [6, 6.07) is 19.1. The maximum absolute atomic E-state index is 12.9. The lowest BCUT2D eigenvalue weighted by molar-refractivity contribution is 0.0693. The van der Waals surface area contributed by atoms with E-state index in [4.69, 9.17) is 16.1 Å². The van der Waals surface area contributed by atoms with Gasteiger partial charge in [-0.15, -0.1) is 0 Å². The van der Waals surface area contributed by atoms with Crippen LogP contribution in [0.1, 0.15) is 35.0 Å². The second-order valence-electron chi connectivity index (χ2n) is 6.15. The lowest BCUT2D eigenvalue weighted by Crippen LogP contribution is -2.30. The van der Waals surface area contributed by atoms with Crippen LogP contribution in [-0.2, 0) is 0 Å². The van der Waals surface area contributed by atoms with Crippen LogP contribution in [0, 0.1) is 0 Å². The van der Waals surface area contributed by atoms with Gasteiger partial charge < -0.3 is 9.42 Å². The van der Waals surface area contributed by atoms with E-state index >= 15 is 0 Å². The van der Waals surface area contributed by atoms with E-state index < -0.39 is 0 Å². The molecule has 1 fully saturated rings. The molecular formula is C20H17ClN2O2. The zero-order valence-corrected chi connectivity index (χ0v) is 14.3. The molecule has 126 valence electrons. The molecule has 4 nitrogen and oxygen atoms in total. The fourth-order valence-electron chi connectivity index (χ4n) is 3.30. The predicted molar refractivity (Wildman–Crippen MR) is 96.4 cm³/mol. The monoisotopic (exact) mass is 352 g/mol. The van der Waals surface area contributed by atoms with Crippen LogP contribution in [0.15, 0.2) is 65.2 Å². The van der Waals surface area contributed by atoms with Crippen LogP contribution in [0.25, 0.3) is 11.3 Å². The fourth-order valence-corrected chi connectivity index (χ4v) is 3.43. The van der Waals surface area contributed by atoms with E-state index in [2.05, 4.69) is 5.16 Å². The third kappa shape index (κ3) is 3.17. The summed E-state index contributed by atoms with van der Waals surface area (Å²) in [6.45, 7) is 0.716. The highest BCUT2D eigenvalue weighted by atomic mass is 35.5. The van der Waals surface area contributed by atoms with Gasteiger partial charge in [0, 0.05) is 23.2 Å². The quantitative estimate of drug-likeness (QED) is 0.668. The first kappa shape index (κ1) is 15.9. The minimum atomic E-state index is -0.118. The summed E-state index contributed by atoms with van der Waals surface area (Å²) in [4.78, 5) is 14.8. The lowest BCUT2D eigenvalue weighted by atomic mass is 10.0. The van der Waals surface area contributed by atoms with Gasteiger partial charge in [-0.3, -0.25) is 4.79 Å². The molecule has 3 aromatic rings. The van der Waals surface area contributed by atoms with Gasteiger partial charge in [0.15, 0.2) is 0 Å². The minimum Gasteiger partial charge on any atom is -0.350 e. The Morgan fingerprint density at radius 2 is 1.88 bits per heavy atom. The molecule has 2 heterocycles. The highest BCUT2D eigenvalue weighted by Gasteiger charge is 2.32. The van der Waals surface area contributed by atoms with Crippen molar-refractivity contribution in [1.82, 2.24) is 10.1 Å². The highest BCUT2D eigenvalue weighted by Crippen LogP contribution is 2.34. The van der Waals surface area contributed by atoms with Gasteiger partial charge in [-0.05, 0) is 30.5 Å². The van der Waals surface area contributed by atoms with Crippen molar-refractivity contribution in [2.45, 2.75) is 18.9 Å². The molecule has 1 aromatic heterocycles. The standard InChI is InChI=1S/C20H17ClN2O2/c21-16-10-8-15(9-11-16)18-7-4-12-23(18)20(24)19-13-17(22-25-19)14-5-2-1-3-6-14/h1-3,5-6,8-11,13,18H,4,7,12H2. The molecule has 1 atom stereocenters. The normalized spacial score (nSPS) is 17.0. The topological polar surface area (TPSA) is 46.3 Å². The number of aromatic nitrogens is 1. The molecule has 0 bridgehead atoms. The van der Waals surface area contributed by atoms with Crippen molar-refractivity contribution in [1.29, 1.82) is 0 Å². The molecule has 1 aliphatic heterocycles. The first-order chi connectivity index (χ1) is 12.2. The number of likely N-dealkylation sites (tertiary alicyclic amines) is 1. The Morgan fingerprint density at radius 1 is 1.12 bits per heavy atom. The van der Waals surface area contributed by atoms with E-state index in [-0.39, 0.29) is 17.7 Å². The third-order valence-electron chi connectivity index (χ3n) is 4.56. The van der Waals surface area contributed by atoms with Gasteiger partial charge in [-0.1, -0.05) is 59.2 Å². The van der Waals surface area contributed by atoms with Crippen LogP contribution in [-0.4, -0.2) is 22.5 Å². The zero-order chi connectivity index (χ0) is 17.2. The van der Waals surface area contributed by atoms with Gasteiger partial charge in [0.05, 0.1) is 6.04 Å². The molecule has 0 radical (unpaired) electrons. The Kier molecular flexibility index (Phi) is 4.28. The van der Waals surface area contributed by atoms with Crippen molar-refractivity contribution in [2.24, 2.45) is 0 Å². The van der Waals surface area contributed by atoms with Crippen molar-refractivity contribution in [3.63, 3.8) is 0 Å². The minimum absolute atomic E-state index is 0.0510. The maximum Gasteiger partial charge on any atom is 0.292 e. The molecule has 1 unspecified atom stereocenters. The summed E-state index contributed by atoms with van der Waals surface area (Å²) in [7, 11) is 0. The van der Waals surface area contributed by atoms with Crippen molar-refractivity contribution in [3.05, 3.63) is 77.0 Å². The predicted octanol–water partition coefficient (Wildman–Crippen LogP) is 4.97. The number of nitrogens with zero attached hydrogens (tertiary/aromatic N) is 2. The Bertz CT molecular complexity index is 874. The van der Waals surface area contributed by atoms with E-state index in [0.717, 1.165) is 24.0 Å². The van der Waals surface area contributed by atoms with Crippen molar-refractivity contribution < 1.29 is 9.32 Å². The van der Waals surface area contributed by atoms with Crippen LogP contribution in [0.4, 0.5) is 0 Å². The number of hydrogen-bond donors (Lipinski definition) is 0. The summed E-state index contributed by atoms with van der Waals surface area (Å²) >= 11 is 5.97. The van der Waals surface area contributed by atoms with E-state index in [1.807, 2.05) is 59.5 Å². The SMILES string of the molecule is O=C(c1cc(-c2ccccc2)no1)N1CCCC1c1ccc(Cl)cc1. The molecule has 25 heavy (non-hydrogen) atoms. The van der Waals surface area contributed by atoms with E-state index in [0.29, 0.717) is 17.3 Å². The molecule has 4 rings (SSSR count). The Hall–Kier alpha value is -2.59. The molecule has 0 saturated carbocycles. The Morgan fingerprint density at radius 3 is 2.64 bits per heavy atom. The fraction of sp³-hybridized carbons (Fsp3) is 0.200. The molecule has 1 saturated heterocycles. The van der Waals surface area contributed by atoms with Crippen LogP contribution in [0.5, 0.6) is 0 Å². The van der Waals surface area contributed by atoms with E-state index in [9.17, 15) is 4.79 Å². The second-order valence-corrected chi connectivity index (χ2v) is 6.59. The number of carbonyl (C=O) groups excluding carboxylic acids is 1. The first-order valence-electron chi connectivity index (χ1n) is 8.31. The first-order valence-corrected chi connectivity index (χ1v) is 8.69. The summed E-state index contributed by atoms with van der Waals surface area (Å²) in [5.74, 6) is 0.159. The number of rotatable bonds is 3. The summed E-state index contributed by atoms with van der Waals surface area (Å²) in [6.07, 6.45) is 1.91. The zero-order valence-electron chi connectivity index (χ0n) is 13.6. The molecular weight excluding hydrogens is 336 g/mol. The molecule has 1 amide bonds. The second kappa shape index (κ2) is 6.73. The summed E-state index contributed by atoms with van der Waals surface area (Å²) in [5, 5.41) is 4.74.